The summed E-state index contributed by atoms with van der Waals surface area (Å²) in [6, 6.07) is 9.22. The van der Waals surface area contributed by atoms with Gasteiger partial charge in [0.25, 0.3) is 0 Å². The van der Waals surface area contributed by atoms with Gasteiger partial charge in [0.1, 0.15) is 28.8 Å². The highest BCUT2D eigenvalue weighted by molar-refractivity contribution is 9.10. The topological polar surface area (TPSA) is 57.4 Å². The molecule has 0 atom stereocenters. The van der Waals surface area contributed by atoms with Crippen LogP contribution in [0.3, 0.4) is 0 Å². The summed E-state index contributed by atoms with van der Waals surface area (Å²) in [4.78, 5) is 4.42. The molecule has 104 valence electrons. The first-order chi connectivity index (χ1) is 9.61. The Morgan fingerprint density at radius 2 is 2.20 bits per heavy atom. The molecule has 0 bridgehead atoms. The first-order valence-electron chi connectivity index (χ1n) is 5.82. The van der Waals surface area contributed by atoms with Crippen LogP contribution < -0.4 is 15.2 Å². The number of benzene rings is 1. The number of thiocarbonyl (C=S) groups is 1. The summed E-state index contributed by atoms with van der Waals surface area (Å²) in [5.74, 6) is 1.47. The predicted molar refractivity (Wildman–Crippen MR) is 85.2 cm³/mol. The van der Waals surface area contributed by atoms with Gasteiger partial charge in [0.15, 0.2) is 0 Å². The second-order valence-electron chi connectivity index (χ2n) is 3.96. The van der Waals surface area contributed by atoms with Crippen molar-refractivity contribution in [2.24, 2.45) is 5.73 Å². The third-order valence-corrected chi connectivity index (χ3v) is 3.46. The summed E-state index contributed by atoms with van der Waals surface area (Å²) < 4.78 is 11.7. The lowest BCUT2D eigenvalue weighted by Crippen LogP contribution is -2.15. The predicted octanol–water partition coefficient (Wildman–Crippen LogP) is 3.07. The largest absolute Gasteiger partial charge is 0.497 e. The van der Waals surface area contributed by atoms with E-state index in [0.717, 1.165) is 15.8 Å². The Bertz CT molecular complexity index is 634. The SMILES string of the molecule is COc1ccc(OCc2cccnc2C(N)=S)c(Br)c1. The maximum atomic E-state index is 5.76. The molecule has 2 aromatic rings. The number of hydrogen-bond acceptors (Lipinski definition) is 4. The monoisotopic (exact) mass is 352 g/mol. The van der Waals surface area contributed by atoms with Crippen LogP contribution in [0.2, 0.25) is 0 Å². The maximum Gasteiger partial charge on any atom is 0.134 e. The second kappa shape index (κ2) is 6.67. The number of aromatic nitrogens is 1. The van der Waals surface area contributed by atoms with Crippen LogP contribution in [0.15, 0.2) is 41.0 Å². The molecule has 0 amide bonds. The van der Waals surface area contributed by atoms with Gasteiger partial charge in [0.05, 0.1) is 11.6 Å². The number of rotatable bonds is 5. The molecule has 0 radical (unpaired) electrons. The van der Waals surface area contributed by atoms with Crippen LogP contribution in [0.25, 0.3) is 0 Å². The average molecular weight is 353 g/mol. The number of pyridine rings is 1. The molecule has 2 rings (SSSR count). The Morgan fingerprint density at radius 3 is 2.85 bits per heavy atom. The molecule has 0 saturated heterocycles. The zero-order valence-corrected chi connectivity index (χ0v) is 13.2. The normalized spacial score (nSPS) is 10.1. The fraction of sp³-hybridized carbons (Fsp3) is 0.143. The van der Waals surface area contributed by atoms with Crippen molar-refractivity contribution in [3.63, 3.8) is 0 Å². The zero-order valence-electron chi connectivity index (χ0n) is 10.8. The Morgan fingerprint density at radius 1 is 1.40 bits per heavy atom. The highest BCUT2D eigenvalue weighted by Gasteiger charge is 2.08. The van der Waals surface area contributed by atoms with Crippen molar-refractivity contribution in [2.75, 3.05) is 7.11 Å². The summed E-state index contributed by atoms with van der Waals surface area (Å²) in [6.45, 7) is 0.339. The van der Waals surface area contributed by atoms with E-state index in [0.29, 0.717) is 18.1 Å². The van der Waals surface area contributed by atoms with Crippen LogP contribution in [-0.2, 0) is 6.61 Å². The Balaban J connectivity index is 2.15. The molecule has 0 unspecified atom stereocenters. The first-order valence-corrected chi connectivity index (χ1v) is 7.02. The van der Waals surface area contributed by atoms with E-state index < -0.39 is 0 Å². The number of ether oxygens (including phenoxy) is 2. The lowest BCUT2D eigenvalue weighted by molar-refractivity contribution is 0.302. The minimum Gasteiger partial charge on any atom is -0.497 e. The molecular weight excluding hydrogens is 340 g/mol. The van der Waals surface area contributed by atoms with Crippen LogP contribution in [0.5, 0.6) is 11.5 Å². The second-order valence-corrected chi connectivity index (χ2v) is 5.25. The van der Waals surface area contributed by atoms with Gasteiger partial charge in [-0.3, -0.25) is 4.98 Å². The van der Waals surface area contributed by atoms with E-state index in [4.69, 9.17) is 27.4 Å². The van der Waals surface area contributed by atoms with Gasteiger partial charge in [-0.05, 0) is 40.2 Å². The molecule has 6 heteroatoms. The van der Waals surface area contributed by atoms with Crippen LogP contribution in [-0.4, -0.2) is 17.1 Å². The fourth-order valence-corrected chi connectivity index (χ4v) is 2.31. The first kappa shape index (κ1) is 14.7. The summed E-state index contributed by atoms with van der Waals surface area (Å²) in [5.41, 5.74) is 7.08. The van der Waals surface area contributed by atoms with Crippen LogP contribution in [0, 0.1) is 0 Å². The molecule has 0 aliphatic heterocycles. The summed E-state index contributed by atoms with van der Waals surface area (Å²) in [5, 5.41) is 0. The molecule has 0 fully saturated rings. The third kappa shape index (κ3) is 3.46. The van der Waals surface area contributed by atoms with Crippen LogP contribution in [0.1, 0.15) is 11.3 Å². The van der Waals surface area contributed by atoms with E-state index in [1.165, 1.54) is 0 Å². The van der Waals surface area contributed by atoms with Crippen molar-refractivity contribution in [2.45, 2.75) is 6.61 Å². The van der Waals surface area contributed by atoms with Crippen LogP contribution >= 0.6 is 28.1 Å². The van der Waals surface area contributed by atoms with Crippen molar-refractivity contribution in [3.8, 4) is 11.5 Å². The van der Waals surface area contributed by atoms with E-state index in [-0.39, 0.29) is 4.99 Å². The molecule has 1 heterocycles. The van der Waals surface area contributed by atoms with Gasteiger partial charge in [0, 0.05) is 11.8 Å². The average Bonchev–Trinajstić information content (AvgIpc) is 2.46. The van der Waals surface area contributed by atoms with Crippen LogP contribution in [0.4, 0.5) is 0 Å². The summed E-state index contributed by atoms with van der Waals surface area (Å²) in [6.07, 6.45) is 1.65. The van der Waals surface area contributed by atoms with Gasteiger partial charge in [-0.15, -0.1) is 0 Å². The van der Waals surface area contributed by atoms with Crippen molar-refractivity contribution >= 4 is 33.1 Å². The summed E-state index contributed by atoms with van der Waals surface area (Å²) in [7, 11) is 1.62. The van der Waals surface area contributed by atoms with Gasteiger partial charge < -0.3 is 15.2 Å². The van der Waals surface area contributed by atoms with Crippen molar-refractivity contribution in [3.05, 3.63) is 52.3 Å². The standard InChI is InChI=1S/C14H13BrN2O2S/c1-18-10-4-5-12(11(15)7-10)19-8-9-3-2-6-17-13(9)14(16)20/h2-7H,8H2,1H3,(H2,16,20). The lowest BCUT2D eigenvalue weighted by Gasteiger charge is -2.11. The van der Waals surface area contributed by atoms with Crippen molar-refractivity contribution < 1.29 is 9.47 Å². The lowest BCUT2D eigenvalue weighted by atomic mass is 10.2. The fourth-order valence-electron chi connectivity index (χ4n) is 1.66. The molecule has 0 saturated carbocycles. The van der Waals surface area contributed by atoms with Gasteiger partial charge in [0.2, 0.25) is 0 Å². The number of nitrogens with two attached hydrogens (primary N) is 1. The number of hydrogen-bond donors (Lipinski definition) is 1. The van der Waals surface area contributed by atoms with E-state index in [1.54, 1.807) is 13.3 Å². The van der Waals surface area contributed by atoms with E-state index in [9.17, 15) is 0 Å². The Kier molecular flexibility index (Phi) is 4.92. The number of methoxy groups -OCH3 is 1. The quantitative estimate of drug-likeness (QED) is 0.838. The summed E-state index contributed by atoms with van der Waals surface area (Å²) >= 11 is 8.41. The number of halogens is 1. The maximum absolute atomic E-state index is 5.76. The zero-order chi connectivity index (χ0) is 14.5. The highest BCUT2D eigenvalue weighted by Crippen LogP contribution is 2.29. The van der Waals surface area contributed by atoms with Gasteiger partial charge in [-0.2, -0.15) is 0 Å². The van der Waals surface area contributed by atoms with Gasteiger partial charge in [-0.25, -0.2) is 0 Å². The Hall–Kier alpha value is -1.66. The minimum absolute atomic E-state index is 0.262. The van der Waals surface area contributed by atoms with Crippen molar-refractivity contribution in [1.82, 2.24) is 4.98 Å². The molecular formula is C14H13BrN2O2S. The third-order valence-electron chi connectivity index (χ3n) is 2.65. The molecule has 0 aliphatic carbocycles. The molecule has 2 N–H and O–H groups in total. The van der Waals surface area contributed by atoms with Gasteiger partial charge in [-0.1, -0.05) is 18.3 Å². The molecule has 0 aliphatic rings. The van der Waals surface area contributed by atoms with E-state index in [1.807, 2.05) is 30.3 Å². The molecule has 0 spiro atoms. The van der Waals surface area contributed by atoms with E-state index >= 15 is 0 Å². The molecule has 4 nitrogen and oxygen atoms in total. The smallest absolute Gasteiger partial charge is 0.134 e. The van der Waals surface area contributed by atoms with E-state index in [2.05, 4.69) is 20.9 Å². The Labute approximate surface area is 131 Å². The number of nitrogens with zero attached hydrogens (tertiary/aromatic N) is 1. The molecule has 1 aromatic heterocycles. The highest BCUT2D eigenvalue weighted by atomic mass is 79.9. The van der Waals surface area contributed by atoms with Crippen molar-refractivity contribution in [1.29, 1.82) is 0 Å². The molecule has 20 heavy (non-hydrogen) atoms. The minimum atomic E-state index is 0.262. The molecule has 1 aromatic carbocycles. The van der Waals surface area contributed by atoms with Gasteiger partial charge >= 0.3 is 0 Å².